The molecule has 0 spiro atoms. The summed E-state index contributed by atoms with van der Waals surface area (Å²) in [5, 5.41) is 2.68. The minimum absolute atomic E-state index is 0.0833. The van der Waals surface area contributed by atoms with Crippen molar-refractivity contribution >= 4 is 27.5 Å². The van der Waals surface area contributed by atoms with E-state index in [1.807, 2.05) is 30.6 Å². The number of nitrogens with zero attached hydrogens (tertiary/aromatic N) is 5. The summed E-state index contributed by atoms with van der Waals surface area (Å²) in [5.41, 5.74) is 1.59. The van der Waals surface area contributed by atoms with Gasteiger partial charge in [0, 0.05) is 81.1 Å². The molecule has 1 saturated carbocycles. The van der Waals surface area contributed by atoms with Gasteiger partial charge in [-0.05, 0) is 111 Å². The lowest BCUT2D eigenvalue weighted by Gasteiger charge is -2.51. The molecule has 1 N–H and O–H groups in total. The van der Waals surface area contributed by atoms with E-state index in [4.69, 9.17) is 4.74 Å². The number of aromatic nitrogens is 2. The second kappa shape index (κ2) is 17.1. The summed E-state index contributed by atoms with van der Waals surface area (Å²) in [5.74, 6) is 1.46. The Morgan fingerprint density at radius 2 is 1.75 bits per heavy atom. The van der Waals surface area contributed by atoms with E-state index in [2.05, 4.69) is 44.2 Å². The quantitative estimate of drug-likeness (QED) is 0.215. The van der Waals surface area contributed by atoms with Gasteiger partial charge in [-0.2, -0.15) is 0 Å². The number of halogens is 1. The number of rotatable bonds is 13. The number of aryl methyl sites for hydroxylation is 1. The van der Waals surface area contributed by atoms with Gasteiger partial charge >= 0.3 is 6.09 Å². The van der Waals surface area contributed by atoms with Gasteiger partial charge in [-0.3, -0.25) is 4.79 Å². The van der Waals surface area contributed by atoms with Gasteiger partial charge in [-0.25, -0.2) is 22.6 Å². The van der Waals surface area contributed by atoms with Crippen LogP contribution in [-0.4, -0.2) is 104 Å². The maximum Gasteiger partial charge on any atom is 0.407 e. The van der Waals surface area contributed by atoms with Crippen molar-refractivity contribution in [1.82, 2.24) is 24.7 Å². The summed E-state index contributed by atoms with van der Waals surface area (Å²) in [6.45, 7) is 11.9. The average Bonchev–Trinajstić information content (AvgIpc) is 3.87. The molecule has 0 radical (unpaired) electrons. The number of carbonyl (C=O) groups excluding carboxylic acids is 2. The summed E-state index contributed by atoms with van der Waals surface area (Å²) in [6, 6.07) is 14.4. The summed E-state index contributed by atoms with van der Waals surface area (Å²) < 4.78 is 49.3. The molecule has 3 aromatic rings. The number of amides is 2. The van der Waals surface area contributed by atoms with Crippen molar-refractivity contribution in [2.45, 2.75) is 86.4 Å². The molecule has 4 fully saturated rings. The van der Waals surface area contributed by atoms with Crippen molar-refractivity contribution in [3.8, 4) is 0 Å². The molecule has 11 nitrogen and oxygen atoms in total. The molecule has 1 aromatic heterocycles. The molecule has 56 heavy (non-hydrogen) atoms. The maximum absolute atomic E-state index is 15.2. The lowest BCUT2D eigenvalue weighted by atomic mass is 9.58. The molecule has 4 aliphatic rings. The van der Waals surface area contributed by atoms with Gasteiger partial charge in [0.25, 0.3) is 0 Å². The first-order valence-electron chi connectivity index (χ1n) is 20.4. The zero-order valence-electron chi connectivity index (χ0n) is 32.8. The van der Waals surface area contributed by atoms with Crippen molar-refractivity contribution in [3.63, 3.8) is 0 Å². The van der Waals surface area contributed by atoms with E-state index in [9.17, 15) is 18.0 Å². The van der Waals surface area contributed by atoms with Gasteiger partial charge in [-0.1, -0.05) is 32.1 Å². The van der Waals surface area contributed by atoms with Gasteiger partial charge in [0.1, 0.15) is 11.6 Å². The third-order valence-corrected chi connectivity index (χ3v) is 15.5. The highest BCUT2D eigenvalue weighted by Crippen LogP contribution is 2.52. The number of likely N-dealkylation sites (tertiary alicyclic amines) is 2. The number of hydrogen-bond donors (Lipinski definition) is 1. The van der Waals surface area contributed by atoms with Crippen LogP contribution in [0.25, 0.3) is 0 Å². The monoisotopic (exact) mass is 788 g/mol. The summed E-state index contributed by atoms with van der Waals surface area (Å²) in [4.78, 5) is 36.1. The van der Waals surface area contributed by atoms with Gasteiger partial charge in [0.2, 0.25) is 5.91 Å². The lowest BCUT2D eigenvalue weighted by molar-refractivity contribution is -0.126. The third kappa shape index (κ3) is 8.12. The number of benzene rings is 2. The molecule has 0 bridgehead atoms. The standard InChI is InChI=1S/C43H57FN6O5S/c1-4-40-45-20-25-49(40)30-43(33-8-6-9-34(44)26-33,38-10-7-11-39(38)46-42(52)55-3)32-16-21-47(22-17-32)27-31-28-50(29-31)35-12-14-36(15-13-35)56(53,54)37-18-23-48(24-19-37)41(51)5-2/h5-6,8-9,12-15,20,25-26,31-32,37-39H,2,4,7,10-11,16-19,21-24,27-30H2,1,3H3,(H,46,52)/t38-,39-,43-/m0/s1. The van der Waals surface area contributed by atoms with Crippen LogP contribution in [-0.2, 0) is 37.7 Å². The van der Waals surface area contributed by atoms with Crippen molar-refractivity contribution in [2.24, 2.45) is 17.8 Å². The van der Waals surface area contributed by atoms with Crippen LogP contribution in [0.3, 0.4) is 0 Å². The van der Waals surface area contributed by atoms with Gasteiger partial charge < -0.3 is 29.3 Å². The molecule has 302 valence electrons. The number of alkyl carbamates (subject to hydrolysis) is 1. The van der Waals surface area contributed by atoms with Crippen LogP contribution in [0.1, 0.15) is 63.3 Å². The molecule has 1 aliphatic carbocycles. The van der Waals surface area contributed by atoms with Crippen molar-refractivity contribution in [3.05, 3.63) is 90.8 Å². The number of piperidine rings is 2. The Morgan fingerprint density at radius 1 is 1.02 bits per heavy atom. The van der Waals surface area contributed by atoms with E-state index in [1.165, 1.54) is 19.3 Å². The highest BCUT2D eigenvalue weighted by atomic mass is 32.2. The number of nitrogens with one attached hydrogen (secondary N) is 1. The normalized spacial score (nSPS) is 22.7. The minimum Gasteiger partial charge on any atom is -0.453 e. The lowest BCUT2D eigenvalue weighted by Crippen LogP contribution is -2.56. The predicted octanol–water partition coefficient (Wildman–Crippen LogP) is 5.85. The fraction of sp³-hybridized carbons (Fsp3) is 0.558. The topological polar surface area (TPSA) is 117 Å². The van der Waals surface area contributed by atoms with E-state index < -0.39 is 26.6 Å². The molecular weight excluding hydrogens is 732 g/mol. The molecule has 4 heterocycles. The fourth-order valence-corrected chi connectivity index (χ4v) is 12.1. The summed E-state index contributed by atoms with van der Waals surface area (Å²) >= 11 is 0. The summed E-state index contributed by atoms with van der Waals surface area (Å²) in [6.07, 6.45) is 11.1. The highest BCUT2D eigenvalue weighted by molar-refractivity contribution is 7.92. The number of anilines is 1. The van der Waals surface area contributed by atoms with Gasteiger partial charge in [0.05, 0.1) is 17.3 Å². The number of imidazole rings is 1. The van der Waals surface area contributed by atoms with Crippen LogP contribution in [0.2, 0.25) is 0 Å². The maximum atomic E-state index is 15.2. The Morgan fingerprint density at radius 3 is 2.41 bits per heavy atom. The summed E-state index contributed by atoms with van der Waals surface area (Å²) in [7, 11) is -2.08. The molecule has 3 saturated heterocycles. The Kier molecular flexibility index (Phi) is 12.2. The largest absolute Gasteiger partial charge is 0.453 e. The van der Waals surface area contributed by atoms with Crippen molar-refractivity contribution in [2.75, 3.05) is 57.8 Å². The van der Waals surface area contributed by atoms with Crippen LogP contribution in [0.4, 0.5) is 14.9 Å². The molecule has 0 unspecified atom stereocenters. The third-order valence-electron chi connectivity index (χ3n) is 13.3. The highest BCUT2D eigenvalue weighted by Gasteiger charge is 2.52. The fourth-order valence-electron chi connectivity index (χ4n) is 10.4. The van der Waals surface area contributed by atoms with E-state index in [0.29, 0.717) is 43.3 Å². The van der Waals surface area contributed by atoms with Crippen LogP contribution < -0.4 is 10.2 Å². The zero-order chi connectivity index (χ0) is 39.5. The Balaban J connectivity index is 1.01. The van der Waals surface area contributed by atoms with Crippen LogP contribution >= 0.6 is 0 Å². The number of hydrogen-bond acceptors (Lipinski definition) is 8. The number of carbonyl (C=O) groups is 2. The first-order valence-corrected chi connectivity index (χ1v) is 21.9. The van der Waals surface area contributed by atoms with E-state index in [0.717, 1.165) is 88.3 Å². The predicted molar refractivity (Wildman–Crippen MR) is 215 cm³/mol. The SMILES string of the molecule is C=CC(=O)N1CCC(S(=O)(=O)c2ccc(N3CC(CN4CCC([C@@](Cn5ccnc5CC)(c5cccc(F)c5)[C@H]5CCC[C@@H]5NC(=O)OC)CC4)C3)cc2)CC1. The van der Waals surface area contributed by atoms with E-state index >= 15 is 4.39 Å². The van der Waals surface area contributed by atoms with E-state index in [-0.39, 0.29) is 29.6 Å². The number of ether oxygens (including phenoxy) is 1. The second-order valence-electron chi connectivity index (χ2n) is 16.3. The first kappa shape index (κ1) is 40.0. The second-order valence-corrected chi connectivity index (χ2v) is 18.5. The number of methoxy groups -OCH3 is 1. The van der Waals surface area contributed by atoms with Crippen LogP contribution in [0, 0.1) is 23.6 Å². The molecule has 3 aliphatic heterocycles. The zero-order valence-corrected chi connectivity index (χ0v) is 33.6. The van der Waals surface area contributed by atoms with Crippen molar-refractivity contribution < 1.29 is 27.1 Å². The van der Waals surface area contributed by atoms with Gasteiger partial charge in [0.15, 0.2) is 9.84 Å². The van der Waals surface area contributed by atoms with E-state index in [1.54, 1.807) is 23.1 Å². The Hall–Kier alpha value is -4.23. The Labute approximate surface area is 331 Å². The molecular formula is C43H57FN6O5S. The van der Waals surface area contributed by atoms with Crippen LogP contribution in [0.15, 0.2) is 78.5 Å². The smallest absolute Gasteiger partial charge is 0.407 e. The number of sulfone groups is 1. The molecule has 3 atom stereocenters. The Bertz CT molecular complexity index is 1950. The molecule has 13 heteroatoms. The van der Waals surface area contributed by atoms with Gasteiger partial charge in [-0.15, -0.1) is 0 Å². The molecule has 7 rings (SSSR count). The van der Waals surface area contributed by atoms with Crippen LogP contribution in [0.5, 0.6) is 0 Å². The molecule has 2 amide bonds. The average molecular weight is 789 g/mol. The molecule has 2 aromatic carbocycles. The van der Waals surface area contributed by atoms with Crippen molar-refractivity contribution in [1.29, 1.82) is 0 Å². The minimum atomic E-state index is -3.48. The first-order chi connectivity index (χ1) is 27.0.